The highest BCUT2D eigenvalue weighted by Crippen LogP contribution is 2.17. The first-order chi connectivity index (χ1) is 17.9. The molecule has 0 aliphatic heterocycles. The smallest absolute Gasteiger partial charge is 0.254 e. The third kappa shape index (κ3) is 9.24. The summed E-state index contributed by atoms with van der Waals surface area (Å²) >= 11 is 6.04. The molecule has 2 heterocycles. The minimum Gasteiger partial charge on any atom is -0.380 e. The number of carbonyl (C=O) groups is 2. The summed E-state index contributed by atoms with van der Waals surface area (Å²) in [7, 11) is 0. The Morgan fingerprint density at radius 1 is 1.03 bits per heavy atom. The number of benzene rings is 1. The first kappa shape index (κ1) is 29.9. The van der Waals surface area contributed by atoms with Gasteiger partial charge in [-0.15, -0.1) is 0 Å². The van der Waals surface area contributed by atoms with E-state index in [0.29, 0.717) is 23.7 Å². The molecule has 2 amide bonds. The second-order valence-electron chi connectivity index (χ2n) is 8.12. The number of nitrogens with zero attached hydrogens (tertiary/aromatic N) is 3. The Morgan fingerprint density at radius 3 is 2.38 bits per heavy atom. The number of aliphatic hydroxyl groups excluding tert-OH is 2. The fraction of sp³-hybridized carbons (Fsp3) is 0.357. The van der Waals surface area contributed by atoms with Crippen molar-refractivity contribution >= 4 is 23.4 Å². The number of unbranched alkanes of at least 4 members (excludes halogenated alkanes) is 1. The summed E-state index contributed by atoms with van der Waals surface area (Å²) in [4.78, 5) is 35.1. The van der Waals surface area contributed by atoms with Crippen molar-refractivity contribution in [3.05, 3.63) is 83.4 Å². The molecule has 0 radical (unpaired) electrons. The van der Waals surface area contributed by atoms with Gasteiger partial charge in [0.1, 0.15) is 0 Å². The minimum atomic E-state index is -1.91. The number of hydrogen-bond acceptors (Lipinski definition) is 6. The molecule has 2 aromatic heterocycles. The Bertz CT molecular complexity index is 1110. The van der Waals surface area contributed by atoms with Crippen molar-refractivity contribution in [3.63, 3.8) is 0 Å². The van der Waals surface area contributed by atoms with Crippen molar-refractivity contribution in [2.45, 2.75) is 58.9 Å². The molecule has 0 saturated heterocycles. The third-order valence-electron chi connectivity index (χ3n) is 5.46. The van der Waals surface area contributed by atoms with Gasteiger partial charge in [-0.25, -0.2) is 0 Å². The maximum atomic E-state index is 12.9. The largest absolute Gasteiger partial charge is 0.380 e. The van der Waals surface area contributed by atoms with Crippen molar-refractivity contribution in [2.75, 3.05) is 6.54 Å². The Balaban J connectivity index is 0.00000235. The van der Waals surface area contributed by atoms with Crippen LogP contribution in [-0.2, 0) is 22.7 Å². The summed E-state index contributed by atoms with van der Waals surface area (Å²) in [6.45, 7) is 6.60. The van der Waals surface area contributed by atoms with Crippen LogP contribution in [0, 0.1) is 0 Å². The van der Waals surface area contributed by atoms with E-state index in [9.17, 15) is 19.8 Å². The molecule has 2 unspecified atom stereocenters. The van der Waals surface area contributed by atoms with E-state index < -0.39 is 24.0 Å². The van der Waals surface area contributed by atoms with Gasteiger partial charge in [0.2, 0.25) is 0 Å². The molecule has 2 atom stereocenters. The van der Waals surface area contributed by atoms with Crippen molar-refractivity contribution < 1.29 is 19.8 Å². The Morgan fingerprint density at radius 2 is 1.76 bits per heavy atom. The van der Waals surface area contributed by atoms with Gasteiger partial charge in [-0.3, -0.25) is 19.6 Å². The van der Waals surface area contributed by atoms with Gasteiger partial charge in [-0.2, -0.15) is 0 Å². The number of pyridine rings is 2. The normalized spacial score (nSPS) is 12.1. The number of rotatable bonds is 11. The molecule has 0 aliphatic carbocycles. The van der Waals surface area contributed by atoms with Crippen LogP contribution in [0.3, 0.4) is 0 Å². The summed E-state index contributed by atoms with van der Waals surface area (Å²) in [6, 6.07) is 14.4. The van der Waals surface area contributed by atoms with E-state index in [2.05, 4.69) is 15.3 Å². The maximum Gasteiger partial charge on any atom is 0.254 e. The lowest BCUT2D eigenvalue weighted by Gasteiger charge is -2.27. The van der Waals surface area contributed by atoms with Gasteiger partial charge in [0.25, 0.3) is 11.8 Å². The summed E-state index contributed by atoms with van der Waals surface area (Å²) in [5.74, 6) is -1.58. The number of halogens is 1. The van der Waals surface area contributed by atoms with Crippen molar-refractivity contribution in [1.29, 1.82) is 0 Å². The SMILES string of the molecule is CC.CCCCN(Cc1cccc(Cl)c1)C(=O)C(O)C(O)C(=O)NCc1ccc(-c2ccncc2)cn1. The van der Waals surface area contributed by atoms with E-state index in [4.69, 9.17) is 11.6 Å². The fourth-order valence-electron chi connectivity index (χ4n) is 3.46. The van der Waals surface area contributed by atoms with Crippen LogP contribution in [0.1, 0.15) is 44.9 Å². The molecule has 0 bridgehead atoms. The highest BCUT2D eigenvalue weighted by Gasteiger charge is 2.33. The highest BCUT2D eigenvalue weighted by atomic mass is 35.5. The predicted molar refractivity (Wildman–Crippen MR) is 144 cm³/mol. The summed E-state index contributed by atoms with van der Waals surface area (Å²) in [5, 5.41) is 23.9. The fourth-order valence-corrected chi connectivity index (χ4v) is 3.68. The molecule has 3 rings (SSSR count). The molecule has 9 heteroatoms. The zero-order valence-electron chi connectivity index (χ0n) is 21.5. The number of hydrogen-bond donors (Lipinski definition) is 3. The summed E-state index contributed by atoms with van der Waals surface area (Å²) < 4.78 is 0. The molecule has 0 spiro atoms. The van der Waals surface area contributed by atoms with Gasteiger partial charge in [-0.05, 0) is 47.9 Å². The van der Waals surface area contributed by atoms with Gasteiger partial charge in [-0.1, -0.05) is 57.0 Å². The molecule has 0 fully saturated rings. The zero-order chi connectivity index (χ0) is 27.2. The topological polar surface area (TPSA) is 116 Å². The molecule has 37 heavy (non-hydrogen) atoms. The van der Waals surface area contributed by atoms with Gasteiger partial charge >= 0.3 is 0 Å². The van der Waals surface area contributed by atoms with E-state index in [1.54, 1.807) is 42.9 Å². The van der Waals surface area contributed by atoms with Crippen LogP contribution in [0.15, 0.2) is 67.1 Å². The van der Waals surface area contributed by atoms with Crippen LogP contribution >= 0.6 is 11.6 Å². The first-order valence-corrected chi connectivity index (χ1v) is 12.8. The Kier molecular flexibility index (Phi) is 12.7. The van der Waals surface area contributed by atoms with Gasteiger partial charge < -0.3 is 20.4 Å². The number of amides is 2. The predicted octanol–water partition coefficient (Wildman–Crippen LogP) is 3.99. The Hall–Kier alpha value is -3.33. The van der Waals surface area contributed by atoms with Crippen molar-refractivity contribution in [3.8, 4) is 11.1 Å². The lowest BCUT2D eigenvalue weighted by molar-refractivity contribution is -0.153. The highest BCUT2D eigenvalue weighted by molar-refractivity contribution is 6.30. The molecule has 0 saturated carbocycles. The number of nitrogens with one attached hydrogen (secondary N) is 1. The molecule has 1 aromatic carbocycles. The van der Waals surface area contributed by atoms with Crippen LogP contribution in [-0.4, -0.2) is 55.6 Å². The Labute approximate surface area is 223 Å². The van der Waals surface area contributed by atoms with E-state index >= 15 is 0 Å². The van der Waals surface area contributed by atoms with E-state index in [0.717, 1.165) is 23.1 Å². The average Bonchev–Trinajstić information content (AvgIpc) is 2.94. The third-order valence-corrected chi connectivity index (χ3v) is 5.69. The van der Waals surface area contributed by atoms with E-state index in [1.807, 2.05) is 45.0 Å². The van der Waals surface area contributed by atoms with Crippen LogP contribution in [0.5, 0.6) is 0 Å². The number of carbonyl (C=O) groups excluding carboxylic acids is 2. The minimum absolute atomic E-state index is 0.0372. The molecule has 3 N–H and O–H groups in total. The van der Waals surface area contributed by atoms with Crippen molar-refractivity contribution in [1.82, 2.24) is 20.2 Å². The van der Waals surface area contributed by atoms with Gasteiger partial charge in [0.05, 0.1) is 12.2 Å². The molecule has 198 valence electrons. The summed E-state index contributed by atoms with van der Waals surface area (Å²) in [5.41, 5.74) is 3.21. The molecule has 0 aliphatic rings. The lowest BCUT2D eigenvalue weighted by Crippen LogP contribution is -2.50. The van der Waals surface area contributed by atoms with Crippen LogP contribution in [0.4, 0.5) is 0 Å². The van der Waals surface area contributed by atoms with E-state index in [-0.39, 0.29) is 13.1 Å². The van der Waals surface area contributed by atoms with Crippen LogP contribution < -0.4 is 5.32 Å². The second-order valence-corrected chi connectivity index (χ2v) is 8.56. The van der Waals surface area contributed by atoms with Gasteiger partial charge in [0, 0.05) is 42.3 Å². The monoisotopic (exact) mass is 526 g/mol. The van der Waals surface area contributed by atoms with Crippen LogP contribution in [0.25, 0.3) is 11.1 Å². The average molecular weight is 527 g/mol. The first-order valence-electron chi connectivity index (χ1n) is 12.4. The summed E-state index contributed by atoms with van der Waals surface area (Å²) in [6.07, 6.45) is 2.79. The number of aliphatic hydroxyl groups is 2. The molecule has 3 aromatic rings. The maximum absolute atomic E-state index is 12.9. The molecule has 8 nitrogen and oxygen atoms in total. The lowest BCUT2D eigenvalue weighted by atomic mass is 10.1. The standard InChI is InChI=1S/C26H29ClN4O4.C2H6/c1-2-3-13-31(17-18-5-4-6-21(27)14-18)26(35)24(33)23(32)25(34)30-16-22-8-7-20(15-29-22)19-9-11-28-12-10-19;1-2/h4-12,14-15,23-24,32-33H,2-3,13,16-17H2,1H3,(H,30,34);1-2H3. The zero-order valence-corrected chi connectivity index (χ0v) is 22.2. The van der Waals surface area contributed by atoms with Crippen molar-refractivity contribution in [2.24, 2.45) is 0 Å². The quantitative estimate of drug-likeness (QED) is 0.348. The number of aromatic nitrogens is 2. The molecular weight excluding hydrogens is 492 g/mol. The second kappa shape index (κ2) is 15.7. The van der Waals surface area contributed by atoms with E-state index in [1.165, 1.54) is 4.90 Å². The molecular formula is C28H35ClN4O4. The van der Waals surface area contributed by atoms with Gasteiger partial charge in [0.15, 0.2) is 12.2 Å². The van der Waals surface area contributed by atoms with Crippen LogP contribution in [0.2, 0.25) is 5.02 Å².